The van der Waals surface area contributed by atoms with E-state index in [4.69, 9.17) is 0 Å². The average Bonchev–Trinajstić information content (AvgIpc) is 2.27. The predicted octanol–water partition coefficient (Wildman–Crippen LogP) is 0.797. The minimum Gasteiger partial charge on any atom is -0.258 e. The minimum atomic E-state index is -2.44. The van der Waals surface area contributed by atoms with Gasteiger partial charge in [-0.15, -0.1) is 0 Å². The monoisotopic (exact) mass is 258 g/mol. The van der Waals surface area contributed by atoms with Gasteiger partial charge < -0.3 is 0 Å². The van der Waals surface area contributed by atoms with Gasteiger partial charge in [-0.2, -0.15) is 0 Å². The van der Waals surface area contributed by atoms with Crippen LogP contribution in [-0.2, 0) is 0 Å². The lowest BCUT2D eigenvalue weighted by Gasteiger charge is -2.23. The number of nitro groups is 3. The van der Waals surface area contributed by atoms with E-state index < -0.39 is 26.5 Å². The topological polar surface area (TPSA) is 133 Å². The average molecular weight is 258 g/mol. The standard InChI is InChI=1S/C8H10N4O6/c1-6-5-9(12(17)18)4-3-7(6)8(2,10(13)14)11(15)16/h3-5,7H,1-2H3. The Morgan fingerprint density at radius 2 is 1.72 bits per heavy atom. The lowest BCUT2D eigenvalue weighted by molar-refractivity contribution is -0.798. The number of hydrazine groups is 1. The lowest BCUT2D eigenvalue weighted by atomic mass is 9.87. The summed E-state index contributed by atoms with van der Waals surface area (Å²) in [5, 5.41) is 32.1. The van der Waals surface area contributed by atoms with Gasteiger partial charge in [0.05, 0.1) is 29.2 Å². The number of hydrogen-bond donors (Lipinski definition) is 0. The molecule has 1 aliphatic rings. The molecule has 0 aliphatic carbocycles. The zero-order valence-corrected chi connectivity index (χ0v) is 9.55. The molecule has 1 rings (SSSR count). The third kappa shape index (κ3) is 1.99. The summed E-state index contributed by atoms with van der Waals surface area (Å²) in [6, 6.07) is 0. The largest absolute Gasteiger partial charge is 0.465 e. The summed E-state index contributed by atoms with van der Waals surface area (Å²) in [4.78, 5) is 30.3. The molecule has 98 valence electrons. The summed E-state index contributed by atoms with van der Waals surface area (Å²) in [6.07, 6.45) is 3.07. The molecule has 10 heteroatoms. The van der Waals surface area contributed by atoms with E-state index in [-0.39, 0.29) is 5.57 Å². The Bertz CT molecular complexity index is 456. The second-order valence-corrected chi connectivity index (χ2v) is 3.92. The Morgan fingerprint density at radius 3 is 2.06 bits per heavy atom. The van der Waals surface area contributed by atoms with Gasteiger partial charge in [-0.25, -0.2) is 10.1 Å². The molecular formula is C8H10N4O6. The second kappa shape index (κ2) is 4.39. The highest BCUT2D eigenvalue weighted by atomic mass is 16.7. The first-order valence-electron chi connectivity index (χ1n) is 4.79. The summed E-state index contributed by atoms with van der Waals surface area (Å²) in [7, 11) is 0. The van der Waals surface area contributed by atoms with Crippen molar-refractivity contribution < 1.29 is 14.9 Å². The third-order valence-corrected chi connectivity index (χ3v) is 2.77. The predicted molar refractivity (Wildman–Crippen MR) is 57.6 cm³/mol. The van der Waals surface area contributed by atoms with Crippen LogP contribution in [0.15, 0.2) is 24.0 Å². The van der Waals surface area contributed by atoms with Crippen molar-refractivity contribution in [1.82, 2.24) is 5.01 Å². The fourth-order valence-corrected chi connectivity index (χ4v) is 1.67. The van der Waals surface area contributed by atoms with Crippen LogP contribution in [0.1, 0.15) is 13.8 Å². The van der Waals surface area contributed by atoms with E-state index in [1.807, 2.05) is 0 Å². The molecule has 0 aromatic heterocycles. The molecule has 0 aromatic carbocycles. The first-order chi connectivity index (χ1) is 8.21. The van der Waals surface area contributed by atoms with Crippen molar-refractivity contribution in [2.75, 3.05) is 0 Å². The molecule has 0 spiro atoms. The van der Waals surface area contributed by atoms with E-state index in [1.165, 1.54) is 6.92 Å². The maximum Gasteiger partial charge on any atom is 0.465 e. The van der Waals surface area contributed by atoms with E-state index in [0.29, 0.717) is 5.01 Å². The minimum absolute atomic E-state index is 0.171. The SMILES string of the molecule is CC1=CN([N+](=O)[O-])C=CC1C(C)([N+](=O)[O-])[N+](=O)[O-]. The first-order valence-corrected chi connectivity index (χ1v) is 4.79. The summed E-state index contributed by atoms with van der Waals surface area (Å²) in [6.45, 7) is 2.25. The van der Waals surface area contributed by atoms with Gasteiger partial charge in [0.15, 0.2) is 5.03 Å². The van der Waals surface area contributed by atoms with Gasteiger partial charge in [-0.05, 0) is 18.6 Å². The molecule has 0 saturated heterocycles. The van der Waals surface area contributed by atoms with Crippen LogP contribution in [0.2, 0.25) is 0 Å². The summed E-state index contributed by atoms with van der Waals surface area (Å²) in [5.41, 5.74) is -2.27. The zero-order chi connectivity index (χ0) is 14.1. The molecule has 1 unspecified atom stereocenters. The van der Waals surface area contributed by atoms with Crippen LogP contribution >= 0.6 is 0 Å². The van der Waals surface area contributed by atoms with Gasteiger partial charge in [0.25, 0.3) is 0 Å². The van der Waals surface area contributed by atoms with Crippen molar-refractivity contribution in [2.45, 2.75) is 19.5 Å². The normalized spacial score (nSPS) is 19.3. The fourth-order valence-electron chi connectivity index (χ4n) is 1.67. The molecule has 0 amide bonds. The molecule has 0 saturated carbocycles. The molecule has 1 heterocycles. The number of hydrogen-bond acceptors (Lipinski definition) is 6. The summed E-state index contributed by atoms with van der Waals surface area (Å²) in [5.74, 6) is -1.14. The summed E-state index contributed by atoms with van der Waals surface area (Å²) >= 11 is 0. The lowest BCUT2D eigenvalue weighted by Crippen LogP contribution is -2.50. The van der Waals surface area contributed by atoms with Crippen LogP contribution in [-0.4, -0.2) is 25.6 Å². The highest BCUT2D eigenvalue weighted by Crippen LogP contribution is 2.32. The van der Waals surface area contributed by atoms with Crippen LogP contribution in [0.25, 0.3) is 0 Å². The van der Waals surface area contributed by atoms with Crippen LogP contribution in [0, 0.1) is 36.3 Å². The highest BCUT2D eigenvalue weighted by molar-refractivity contribution is 5.18. The van der Waals surface area contributed by atoms with Gasteiger partial charge in [0.2, 0.25) is 0 Å². The maximum absolute atomic E-state index is 10.9. The Morgan fingerprint density at radius 1 is 1.22 bits per heavy atom. The molecule has 0 bridgehead atoms. The van der Waals surface area contributed by atoms with E-state index >= 15 is 0 Å². The second-order valence-electron chi connectivity index (χ2n) is 3.92. The van der Waals surface area contributed by atoms with Crippen molar-refractivity contribution in [2.24, 2.45) is 5.92 Å². The maximum atomic E-state index is 10.9. The molecular weight excluding hydrogens is 248 g/mol. The van der Waals surface area contributed by atoms with Crippen LogP contribution in [0.5, 0.6) is 0 Å². The number of rotatable bonds is 4. The van der Waals surface area contributed by atoms with Gasteiger partial charge >= 0.3 is 5.66 Å². The van der Waals surface area contributed by atoms with Gasteiger partial charge in [-0.1, -0.05) is 5.01 Å². The smallest absolute Gasteiger partial charge is 0.258 e. The van der Waals surface area contributed by atoms with Gasteiger partial charge in [-0.3, -0.25) is 20.2 Å². The molecule has 1 aliphatic heterocycles. The first kappa shape index (κ1) is 13.5. The number of nitrogens with zero attached hydrogens (tertiary/aromatic N) is 4. The van der Waals surface area contributed by atoms with Gasteiger partial charge in [0.1, 0.15) is 5.92 Å². The van der Waals surface area contributed by atoms with E-state index in [0.717, 1.165) is 25.4 Å². The Kier molecular flexibility index (Phi) is 3.30. The Balaban J connectivity index is 3.17. The van der Waals surface area contributed by atoms with Crippen molar-refractivity contribution in [3.63, 3.8) is 0 Å². The van der Waals surface area contributed by atoms with E-state index in [2.05, 4.69) is 0 Å². The molecule has 0 fully saturated rings. The van der Waals surface area contributed by atoms with Crippen LogP contribution in [0.3, 0.4) is 0 Å². The quantitative estimate of drug-likeness (QED) is 0.413. The Hall–Kier alpha value is -2.52. The molecule has 1 atom stereocenters. The summed E-state index contributed by atoms with van der Waals surface area (Å²) < 4.78 is 0. The molecule has 10 nitrogen and oxygen atoms in total. The van der Waals surface area contributed by atoms with Gasteiger partial charge in [0, 0.05) is 0 Å². The van der Waals surface area contributed by atoms with Crippen LogP contribution in [0.4, 0.5) is 0 Å². The van der Waals surface area contributed by atoms with Crippen molar-refractivity contribution in [3.8, 4) is 0 Å². The fraction of sp³-hybridized carbons (Fsp3) is 0.500. The highest BCUT2D eigenvalue weighted by Gasteiger charge is 2.58. The van der Waals surface area contributed by atoms with Crippen molar-refractivity contribution in [3.05, 3.63) is 54.4 Å². The molecule has 0 N–H and O–H groups in total. The third-order valence-electron chi connectivity index (χ3n) is 2.77. The van der Waals surface area contributed by atoms with Crippen LogP contribution < -0.4 is 0 Å². The molecule has 0 radical (unpaired) electrons. The van der Waals surface area contributed by atoms with Crippen molar-refractivity contribution >= 4 is 0 Å². The molecule has 0 aromatic rings. The Labute approximate surface area is 101 Å². The van der Waals surface area contributed by atoms with E-state index in [9.17, 15) is 30.3 Å². The van der Waals surface area contributed by atoms with Crippen molar-refractivity contribution in [1.29, 1.82) is 0 Å². The molecule has 18 heavy (non-hydrogen) atoms. The van der Waals surface area contributed by atoms with E-state index in [1.54, 1.807) is 0 Å². The zero-order valence-electron chi connectivity index (χ0n) is 9.55.